The van der Waals surface area contributed by atoms with Crippen molar-refractivity contribution >= 4 is 28.7 Å². The summed E-state index contributed by atoms with van der Waals surface area (Å²) in [6.45, 7) is 12.6. The van der Waals surface area contributed by atoms with E-state index in [-0.39, 0.29) is 5.91 Å². The van der Waals surface area contributed by atoms with Crippen molar-refractivity contribution in [1.82, 2.24) is 4.90 Å². The average molecular weight is 473 g/mol. The molecule has 6 nitrogen and oxygen atoms in total. The fraction of sp³-hybridized carbons (Fsp3) is 0.345. The number of benzene rings is 3. The van der Waals surface area contributed by atoms with Gasteiger partial charge >= 0.3 is 0 Å². The lowest BCUT2D eigenvalue weighted by atomic mass is 10.1. The molecule has 184 valence electrons. The van der Waals surface area contributed by atoms with Crippen LogP contribution in [0.5, 0.6) is 0 Å². The third-order valence-electron chi connectivity index (χ3n) is 6.51. The average Bonchev–Trinajstić information content (AvgIpc) is 2.90. The highest BCUT2D eigenvalue weighted by Crippen LogP contribution is 2.27. The molecule has 1 heterocycles. The van der Waals surface area contributed by atoms with Gasteiger partial charge in [-0.25, -0.2) is 0 Å². The lowest BCUT2D eigenvalue weighted by Crippen LogP contribution is -2.36. The number of aryl methyl sites for hydroxylation is 1. The molecule has 0 saturated carbocycles. The van der Waals surface area contributed by atoms with Gasteiger partial charge in [0.2, 0.25) is 0 Å². The Balaban J connectivity index is 1.42. The zero-order valence-electron chi connectivity index (χ0n) is 21.0. The van der Waals surface area contributed by atoms with Crippen LogP contribution in [0.2, 0.25) is 0 Å². The maximum atomic E-state index is 12.9. The van der Waals surface area contributed by atoms with Gasteiger partial charge in [-0.15, -0.1) is 0 Å². The van der Waals surface area contributed by atoms with Gasteiger partial charge in [0.15, 0.2) is 0 Å². The van der Waals surface area contributed by atoms with Gasteiger partial charge in [-0.1, -0.05) is 38.1 Å². The molecule has 0 aliphatic carbocycles. The minimum atomic E-state index is -0.103. The second-order valence-electron chi connectivity index (χ2n) is 8.92. The summed E-state index contributed by atoms with van der Waals surface area (Å²) in [6.07, 6.45) is 0. The Morgan fingerprint density at radius 3 is 2.37 bits per heavy atom. The highest BCUT2D eigenvalue weighted by molar-refractivity contribution is 6.05. The summed E-state index contributed by atoms with van der Waals surface area (Å²) >= 11 is 0. The van der Waals surface area contributed by atoms with Crippen molar-refractivity contribution in [2.24, 2.45) is 0 Å². The van der Waals surface area contributed by atoms with Crippen LogP contribution in [0.25, 0.3) is 0 Å². The smallest absolute Gasteiger partial charge is 0.255 e. The van der Waals surface area contributed by atoms with E-state index in [0.717, 1.165) is 68.6 Å². The summed E-state index contributed by atoms with van der Waals surface area (Å²) in [5.74, 6) is -0.103. The SMILES string of the molecule is CCN(CC)Cc1ccc(C(=O)Nc2cc(Nc3cccc(N4CCOCC4)c3)ccc2C)cc1. The third-order valence-corrected chi connectivity index (χ3v) is 6.51. The Labute approximate surface area is 208 Å². The van der Waals surface area contributed by atoms with E-state index in [0.29, 0.717) is 5.56 Å². The number of rotatable bonds is 9. The lowest BCUT2D eigenvalue weighted by Gasteiger charge is -2.29. The van der Waals surface area contributed by atoms with E-state index in [1.54, 1.807) is 0 Å². The Bertz CT molecular complexity index is 1120. The van der Waals surface area contributed by atoms with Crippen molar-refractivity contribution in [3.63, 3.8) is 0 Å². The highest BCUT2D eigenvalue weighted by atomic mass is 16.5. The molecule has 0 atom stereocenters. The van der Waals surface area contributed by atoms with Crippen LogP contribution in [-0.2, 0) is 11.3 Å². The topological polar surface area (TPSA) is 56.8 Å². The number of hydrogen-bond acceptors (Lipinski definition) is 5. The zero-order chi connectivity index (χ0) is 24.6. The number of morpholine rings is 1. The van der Waals surface area contributed by atoms with E-state index < -0.39 is 0 Å². The number of carbonyl (C=O) groups excluding carboxylic acids is 1. The van der Waals surface area contributed by atoms with Crippen molar-refractivity contribution in [2.45, 2.75) is 27.3 Å². The number of ether oxygens (including phenoxy) is 1. The van der Waals surface area contributed by atoms with Crippen molar-refractivity contribution in [1.29, 1.82) is 0 Å². The van der Waals surface area contributed by atoms with Crippen LogP contribution in [-0.4, -0.2) is 50.2 Å². The normalized spacial score (nSPS) is 13.7. The first-order chi connectivity index (χ1) is 17.1. The van der Waals surface area contributed by atoms with E-state index in [1.165, 1.54) is 11.3 Å². The first kappa shape index (κ1) is 24.8. The molecule has 1 fully saturated rings. The first-order valence-electron chi connectivity index (χ1n) is 12.5. The van der Waals surface area contributed by atoms with Gasteiger partial charge < -0.3 is 20.3 Å². The maximum Gasteiger partial charge on any atom is 0.255 e. The first-order valence-corrected chi connectivity index (χ1v) is 12.5. The van der Waals surface area contributed by atoms with Gasteiger partial charge in [0.05, 0.1) is 13.2 Å². The molecular weight excluding hydrogens is 436 g/mol. The zero-order valence-corrected chi connectivity index (χ0v) is 21.0. The molecule has 2 N–H and O–H groups in total. The summed E-state index contributed by atoms with van der Waals surface area (Å²) in [6, 6.07) is 22.3. The molecule has 0 radical (unpaired) electrons. The van der Waals surface area contributed by atoms with E-state index in [2.05, 4.69) is 58.5 Å². The molecule has 35 heavy (non-hydrogen) atoms. The predicted octanol–water partition coefficient (Wildman–Crippen LogP) is 5.67. The molecule has 4 rings (SSSR count). The summed E-state index contributed by atoms with van der Waals surface area (Å²) in [5.41, 5.74) is 6.82. The molecule has 3 aromatic carbocycles. The van der Waals surface area contributed by atoms with Crippen LogP contribution >= 0.6 is 0 Å². The molecule has 1 amide bonds. The van der Waals surface area contributed by atoms with Crippen LogP contribution in [0.15, 0.2) is 66.7 Å². The van der Waals surface area contributed by atoms with Crippen molar-refractivity contribution in [2.75, 3.05) is 54.9 Å². The summed E-state index contributed by atoms with van der Waals surface area (Å²) in [7, 11) is 0. The molecule has 0 spiro atoms. The van der Waals surface area contributed by atoms with Gasteiger partial charge in [0.1, 0.15) is 0 Å². The number of nitrogens with one attached hydrogen (secondary N) is 2. The predicted molar refractivity (Wildman–Crippen MR) is 145 cm³/mol. The molecule has 0 unspecified atom stereocenters. The van der Waals surface area contributed by atoms with Crippen LogP contribution in [0.4, 0.5) is 22.7 Å². The Kier molecular flexibility index (Phi) is 8.40. The molecule has 0 aromatic heterocycles. The summed E-state index contributed by atoms with van der Waals surface area (Å²) < 4.78 is 5.47. The Morgan fingerprint density at radius 2 is 1.66 bits per heavy atom. The van der Waals surface area contributed by atoms with Crippen LogP contribution in [0.1, 0.15) is 35.3 Å². The second kappa shape index (κ2) is 11.9. The number of anilines is 4. The number of nitrogens with zero attached hydrogens (tertiary/aromatic N) is 2. The van der Waals surface area contributed by atoms with E-state index in [9.17, 15) is 4.79 Å². The van der Waals surface area contributed by atoms with E-state index in [1.807, 2.05) is 49.4 Å². The Morgan fingerprint density at radius 1 is 0.943 bits per heavy atom. The van der Waals surface area contributed by atoms with Crippen LogP contribution in [0, 0.1) is 6.92 Å². The van der Waals surface area contributed by atoms with Crippen molar-refractivity contribution < 1.29 is 9.53 Å². The van der Waals surface area contributed by atoms with E-state index in [4.69, 9.17) is 4.74 Å². The monoisotopic (exact) mass is 472 g/mol. The minimum Gasteiger partial charge on any atom is -0.378 e. The van der Waals surface area contributed by atoms with Gasteiger partial charge in [-0.2, -0.15) is 0 Å². The van der Waals surface area contributed by atoms with Crippen molar-refractivity contribution in [3.8, 4) is 0 Å². The number of hydrogen-bond donors (Lipinski definition) is 2. The molecule has 1 aliphatic heterocycles. The second-order valence-corrected chi connectivity index (χ2v) is 8.92. The largest absolute Gasteiger partial charge is 0.378 e. The maximum absolute atomic E-state index is 12.9. The Hall–Kier alpha value is -3.35. The molecule has 1 aliphatic rings. The lowest BCUT2D eigenvalue weighted by molar-refractivity contribution is 0.102. The van der Waals surface area contributed by atoms with E-state index >= 15 is 0 Å². The van der Waals surface area contributed by atoms with Crippen molar-refractivity contribution in [3.05, 3.63) is 83.4 Å². The van der Waals surface area contributed by atoms with Gasteiger partial charge in [0, 0.05) is 47.9 Å². The van der Waals surface area contributed by atoms with Gasteiger partial charge in [-0.3, -0.25) is 9.69 Å². The molecule has 1 saturated heterocycles. The van der Waals surface area contributed by atoms with Gasteiger partial charge in [-0.05, 0) is 73.6 Å². The number of amides is 1. The molecular formula is C29H36N4O2. The summed E-state index contributed by atoms with van der Waals surface area (Å²) in [4.78, 5) is 17.6. The highest BCUT2D eigenvalue weighted by Gasteiger charge is 2.12. The quantitative estimate of drug-likeness (QED) is 0.420. The minimum absolute atomic E-state index is 0.103. The molecule has 6 heteroatoms. The number of carbonyl (C=O) groups is 1. The van der Waals surface area contributed by atoms with Gasteiger partial charge in [0.25, 0.3) is 5.91 Å². The summed E-state index contributed by atoms with van der Waals surface area (Å²) in [5, 5.41) is 6.57. The standard InChI is InChI=1S/C29H36N4O2/c1-4-32(5-2)21-23-10-12-24(13-11-23)29(34)31-28-20-26(14-9-22(28)3)30-25-7-6-8-27(19-25)33-15-17-35-18-16-33/h6-14,19-20,30H,4-5,15-18,21H2,1-3H3,(H,31,34). The molecule has 3 aromatic rings. The molecule has 0 bridgehead atoms. The fourth-order valence-electron chi connectivity index (χ4n) is 4.26. The van der Waals surface area contributed by atoms with Crippen LogP contribution < -0.4 is 15.5 Å². The third kappa shape index (κ3) is 6.62. The van der Waals surface area contributed by atoms with Crippen LogP contribution in [0.3, 0.4) is 0 Å². The fourth-order valence-corrected chi connectivity index (χ4v) is 4.26.